The summed E-state index contributed by atoms with van der Waals surface area (Å²) in [6.45, 7) is 5.07. The lowest BCUT2D eigenvalue weighted by Gasteiger charge is -2.15. The molecule has 0 fully saturated rings. The first-order chi connectivity index (χ1) is 20.2. The van der Waals surface area contributed by atoms with Gasteiger partial charge in [-0.2, -0.15) is 0 Å². The Balaban J connectivity index is 3.59. The summed E-state index contributed by atoms with van der Waals surface area (Å²) in [5.41, 5.74) is 0. The molecular formula is C37H62O4. The van der Waals surface area contributed by atoms with Crippen molar-refractivity contribution >= 4 is 5.97 Å². The number of carbonyl (C=O) groups is 1. The Kier molecular flexibility index (Phi) is 32.2. The van der Waals surface area contributed by atoms with Gasteiger partial charge in [-0.15, -0.1) is 0 Å². The molecule has 0 saturated carbocycles. The number of allylic oxidation sites excluding steroid dienone is 12. The van der Waals surface area contributed by atoms with E-state index < -0.39 is 6.10 Å². The van der Waals surface area contributed by atoms with Crippen molar-refractivity contribution in [3.05, 3.63) is 72.9 Å². The smallest absolute Gasteiger partial charge is 0.306 e. The predicted octanol–water partition coefficient (Wildman–Crippen LogP) is 10.3. The second-order valence-corrected chi connectivity index (χ2v) is 10.5. The van der Waals surface area contributed by atoms with Gasteiger partial charge < -0.3 is 14.6 Å². The fourth-order valence-electron chi connectivity index (χ4n) is 4.06. The van der Waals surface area contributed by atoms with Gasteiger partial charge in [-0.25, -0.2) is 0 Å². The molecule has 234 valence electrons. The average molecular weight is 571 g/mol. The van der Waals surface area contributed by atoms with Crippen LogP contribution >= 0.6 is 0 Å². The molecule has 0 aliphatic heterocycles. The van der Waals surface area contributed by atoms with Gasteiger partial charge in [0.15, 0.2) is 0 Å². The molecule has 4 heteroatoms. The number of hydrogen-bond acceptors (Lipinski definition) is 4. The van der Waals surface area contributed by atoms with Gasteiger partial charge in [-0.1, -0.05) is 119 Å². The van der Waals surface area contributed by atoms with Gasteiger partial charge in [-0.05, 0) is 77.0 Å². The van der Waals surface area contributed by atoms with Crippen LogP contribution in [0.4, 0.5) is 0 Å². The molecule has 0 aromatic rings. The summed E-state index contributed by atoms with van der Waals surface area (Å²) in [6, 6.07) is 0. The maximum Gasteiger partial charge on any atom is 0.306 e. The largest absolute Gasteiger partial charge is 0.457 e. The molecule has 1 atom stereocenters. The van der Waals surface area contributed by atoms with Crippen molar-refractivity contribution in [3.63, 3.8) is 0 Å². The average Bonchev–Trinajstić information content (AvgIpc) is 2.98. The summed E-state index contributed by atoms with van der Waals surface area (Å²) < 4.78 is 11.0. The quantitative estimate of drug-likeness (QED) is 0.0552. The van der Waals surface area contributed by atoms with E-state index in [1.807, 2.05) is 0 Å². The SMILES string of the molecule is CC/C=C\C/C=C\C/C=C\C/C=C\CCCCC(=O)OC(CO)COCCCCCCCC/C=C\C/C=C\CCC. The van der Waals surface area contributed by atoms with Crippen LogP contribution in [0.3, 0.4) is 0 Å². The van der Waals surface area contributed by atoms with Crippen molar-refractivity contribution in [3.8, 4) is 0 Å². The molecule has 0 radical (unpaired) electrons. The number of rotatable bonds is 29. The number of aliphatic hydroxyl groups is 1. The number of carbonyl (C=O) groups excluding carboxylic acids is 1. The van der Waals surface area contributed by atoms with Crippen LogP contribution in [0, 0.1) is 0 Å². The Morgan fingerprint density at radius 1 is 0.610 bits per heavy atom. The number of hydrogen-bond donors (Lipinski definition) is 1. The highest BCUT2D eigenvalue weighted by Crippen LogP contribution is 2.09. The van der Waals surface area contributed by atoms with Crippen LogP contribution in [-0.2, 0) is 14.3 Å². The number of ether oxygens (including phenoxy) is 2. The maximum atomic E-state index is 12.1. The van der Waals surface area contributed by atoms with Crippen molar-refractivity contribution in [1.82, 2.24) is 0 Å². The first-order valence-corrected chi connectivity index (χ1v) is 16.5. The number of unbranched alkanes of at least 4 members (excludes halogenated alkanes) is 9. The molecule has 0 aromatic heterocycles. The monoisotopic (exact) mass is 570 g/mol. The number of aliphatic hydroxyl groups excluding tert-OH is 1. The van der Waals surface area contributed by atoms with Gasteiger partial charge >= 0.3 is 5.97 Å². The van der Waals surface area contributed by atoms with Crippen LogP contribution < -0.4 is 0 Å². The normalized spacial score (nSPS) is 13.3. The lowest BCUT2D eigenvalue weighted by atomic mass is 10.1. The molecule has 4 nitrogen and oxygen atoms in total. The minimum atomic E-state index is -0.563. The molecule has 0 aliphatic carbocycles. The van der Waals surface area contributed by atoms with E-state index in [2.05, 4.69) is 86.8 Å². The third kappa shape index (κ3) is 32.2. The van der Waals surface area contributed by atoms with Gasteiger partial charge in [0.25, 0.3) is 0 Å². The topological polar surface area (TPSA) is 55.8 Å². The van der Waals surface area contributed by atoms with Crippen LogP contribution in [0.1, 0.15) is 129 Å². The van der Waals surface area contributed by atoms with E-state index in [9.17, 15) is 9.90 Å². The van der Waals surface area contributed by atoms with Crippen LogP contribution in [0.15, 0.2) is 72.9 Å². The van der Waals surface area contributed by atoms with Crippen molar-refractivity contribution in [2.24, 2.45) is 0 Å². The Morgan fingerprint density at radius 3 is 1.66 bits per heavy atom. The van der Waals surface area contributed by atoms with Gasteiger partial charge in [0.1, 0.15) is 6.10 Å². The summed E-state index contributed by atoms with van der Waals surface area (Å²) >= 11 is 0. The lowest BCUT2D eigenvalue weighted by molar-refractivity contribution is -0.154. The van der Waals surface area contributed by atoms with E-state index in [4.69, 9.17) is 9.47 Å². The highest BCUT2D eigenvalue weighted by Gasteiger charge is 2.13. The van der Waals surface area contributed by atoms with Gasteiger partial charge in [0.2, 0.25) is 0 Å². The van der Waals surface area contributed by atoms with E-state index in [0.29, 0.717) is 13.0 Å². The molecule has 0 aliphatic rings. The molecule has 0 saturated heterocycles. The Hall–Kier alpha value is -2.17. The predicted molar refractivity (Wildman–Crippen MR) is 177 cm³/mol. The number of esters is 1. The Labute approximate surface area is 253 Å². The lowest BCUT2D eigenvalue weighted by Crippen LogP contribution is -2.27. The molecule has 0 spiro atoms. The molecule has 1 unspecified atom stereocenters. The second-order valence-electron chi connectivity index (χ2n) is 10.5. The zero-order valence-corrected chi connectivity index (χ0v) is 26.5. The van der Waals surface area contributed by atoms with Crippen molar-refractivity contribution in [2.45, 2.75) is 136 Å². The minimum absolute atomic E-state index is 0.197. The summed E-state index contributed by atoms with van der Waals surface area (Å²) in [5, 5.41) is 9.52. The molecular weight excluding hydrogens is 508 g/mol. The summed E-state index contributed by atoms with van der Waals surface area (Å²) in [7, 11) is 0. The van der Waals surface area contributed by atoms with E-state index in [0.717, 1.165) is 64.2 Å². The zero-order chi connectivity index (χ0) is 29.9. The highest BCUT2D eigenvalue weighted by atomic mass is 16.6. The summed E-state index contributed by atoms with van der Waals surface area (Å²) in [6.07, 6.45) is 45.0. The molecule has 0 amide bonds. The van der Waals surface area contributed by atoms with Crippen LogP contribution in [-0.4, -0.2) is 37.0 Å². The Morgan fingerprint density at radius 2 is 1.10 bits per heavy atom. The molecule has 41 heavy (non-hydrogen) atoms. The van der Waals surface area contributed by atoms with Crippen molar-refractivity contribution in [1.29, 1.82) is 0 Å². The first kappa shape index (κ1) is 38.8. The van der Waals surface area contributed by atoms with Crippen LogP contribution in [0.2, 0.25) is 0 Å². The highest BCUT2D eigenvalue weighted by molar-refractivity contribution is 5.69. The van der Waals surface area contributed by atoms with Gasteiger partial charge in [0, 0.05) is 13.0 Å². The summed E-state index contributed by atoms with van der Waals surface area (Å²) in [5.74, 6) is -0.249. The minimum Gasteiger partial charge on any atom is -0.457 e. The molecule has 0 rings (SSSR count). The maximum absolute atomic E-state index is 12.1. The molecule has 0 aromatic carbocycles. The second kappa shape index (κ2) is 34.0. The van der Waals surface area contributed by atoms with Crippen LogP contribution in [0.25, 0.3) is 0 Å². The van der Waals surface area contributed by atoms with E-state index in [-0.39, 0.29) is 19.2 Å². The van der Waals surface area contributed by atoms with Crippen LogP contribution in [0.5, 0.6) is 0 Å². The third-order valence-electron chi connectivity index (χ3n) is 6.50. The molecule has 1 N–H and O–H groups in total. The fourth-order valence-corrected chi connectivity index (χ4v) is 4.06. The van der Waals surface area contributed by atoms with Crippen molar-refractivity contribution < 1.29 is 19.4 Å². The fraction of sp³-hybridized carbons (Fsp3) is 0.649. The van der Waals surface area contributed by atoms with Gasteiger partial charge in [0.05, 0.1) is 13.2 Å². The van der Waals surface area contributed by atoms with E-state index in [1.165, 1.54) is 44.9 Å². The molecule has 0 bridgehead atoms. The standard InChI is InChI=1S/C37H62O4/c1-3-5-7-9-11-13-15-17-19-20-22-24-26-28-30-32-37(39)41-36(34-38)35-40-33-31-29-27-25-23-21-18-16-14-12-10-8-6-4-2/h5,7-8,10-11,13-14,16-17,19,22,24,36,38H,3-4,6,9,12,15,18,20-21,23,25-35H2,1-2H3/b7-5-,10-8-,13-11-,16-14-,19-17-,24-22-. The van der Waals surface area contributed by atoms with Crippen molar-refractivity contribution in [2.75, 3.05) is 19.8 Å². The first-order valence-electron chi connectivity index (χ1n) is 16.5. The third-order valence-corrected chi connectivity index (χ3v) is 6.50. The molecule has 0 heterocycles. The van der Waals surface area contributed by atoms with E-state index in [1.54, 1.807) is 0 Å². The summed E-state index contributed by atoms with van der Waals surface area (Å²) in [4.78, 5) is 12.1. The van der Waals surface area contributed by atoms with Gasteiger partial charge in [-0.3, -0.25) is 4.79 Å². The zero-order valence-electron chi connectivity index (χ0n) is 26.5. The Bertz CT molecular complexity index is 729. The van der Waals surface area contributed by atoms with E-state index >= 15 is 0 Å².